The number of ether oxygens (including phenoxy) is 2. The van der Waals surface area contributed by atoms with E-state index in [4.69, 9.17) is 9.47 Å². The maximum absolute atomic E-state index is 12.4. The normalized spacial score (nSPS) is 23.7. The third-order valence-corrected chi connectivity index (χ3v) is 6.26. The van der Waals surface area contributed by atoms with Gasteiger partial charge in [-0.15, -0.1) is 0 Å². The number of carboxylic acid groups (broad SMARTS) is 1. The summed E-state index contributed by atoms with van der Waals surface area (Å²) in [5.74, 6) is -0.426. The molecule has 0 aromatic carbocycles. The lowest BCUT2D eigenvalue weighted by molar-refractivity contribution is -0.139. The summed E-state index contributed by atoms with van der Waals surface area (Å²) < 4.78 is 10.7. The van der Waals surface area contributed by atoms with E-state index in [1.807, 2.05) is 6.08 Å². The Hall–Kier alpha value is -3.03. The van der Waals surface area contributed by atoms with Crippen LogP contribution in [0.4, 0.5) is 9.59 Å². The Morgan fingerprint density at radius 3 is 2.65 bits per heavy atom. The number of nitrogens with one attached hydrogen (secondary N) is 2. The number of hydrogen-bond acceptors (Lipinski definition) is 5. The summed E-state index contributed by atoms with van der Waals surface area (Å²) in [6, 6.07) is -1.05. The van der Waals surface area contributed by atoms with Gasteiger partial charge in [-0.3, -0.25) is 0 Å². The zero-order chi connectivity index (χ0) is 24.7. The summed E-state index contributed by atoms with van der Waals surface area (Å²) in [5.41, 5.74) is 2.10. The van der Waals surface area contributed by atoms with Crippen LogP contribution in [0.2, 0.25) is 0 Å². The smallest absolute Gasteiger partial charge is 0.407 e. The van der Waals surface area contributed by atoms with E-state index >= 15 is 0 Å². The summed E-state index contributed by atoms with van der Waals surface area (Å²) in [7, 11) is 0. The van der Waals surface area contributed by atoms with Gasteiger partial charge in [-0.2, -0.15) is 0 Å². The van der Waals surface area contributed by atoms with Gasteiger partial charge in [-0.1, -0.05) is 42.0 Å². The fraction of sp³-hybridized carbons (Fsp3) is 0.577. The second kappa shape index (κ2) is 11.4. The van der Waals surface area contributed by atoms with Gasteiger partial charge in [0.05, 0.1) is 0 Å². The standard InChI is InChI=1S/C26H36N2O6/c1-26(2,3)34-24(31)27-15-9-8-14-22(23(29)30)28-25(32)33-16-21-19-12-6-4-10-17(19)18-11-5-7-13-20(18)21/h4,6-7,10,12-13,17,19,21-22H,5,8-9,11,14-16H2,1-3H3,(H,27,31)(H,28,32)(H,29,30)/t17?,19?,21?,22-/m0/s1. The fourth-order valence-electron chi connectivity index (χ4n) is 4.77. The maximum atomic E-state index is 12.4. The van der Waals surface area contributed by atoms with Crippen LogP contribution in [0.5, 0.6) is 0 Å². The van der Waals surface area contributed by atoms with Crippen molar-refractivity contribution in [1.29, 1.82) is 0 Å². The summed E-state index contributed by atoms with van der Waals surface area (Å²) in [5, 5.41) is 14.6. The van der Waals surface area contributed by atoms with Crippen LogP contribution in [0, 0.1) is 17.8 Å². The molecule has 0 spiro atoms. The van der Waals surface area contributed by atoms with Gasteiger partial charge in [0.15, 0.2) is 0 Å². The largest absolute Gasteiger partial charge is 0.480 e. The van der Waals surface area contributed by atoms with Gasteiger partial charge in [0.25, 0.3) is 0 Å². The number of alkyl carbamates (subject to hydrolysis) is 2. The number of carbonyl (C=O) groups excluding carboxylic acids is 2. The van der Waals surface area contributed by atoms with Crippen molar-refractivity contribution in [3.8, 4) is 0 Å². The van der Waals surface area contributed by atoms with Crippen LogP contribution in [0.25, 0.3) is 0 Å². The number of amides is 2. The summed E-state index contributed by atoms with van der Waals surface area (Å²) in [4.78, 5) is 35.7. The molecule has 3 rings (SSSR count). The molecule has 2 amide bonds. The van der Waals surface area contributed by atoms with Crippen molar-refractivity contribution in [1.82, 2.24) is 10.6 Å². The first-order chi connectivity index (χ1) is 16.2. The van der Waals surface area contributed by atoms with Crippen molar-refractivity contribution in [2.45, 2.75) is 64.5 Å². The van der Waals surface area contributed by atoms with Crippen molar-refractivity contribution >= 4 is 18.2 Å². The molecular weight excluding hydrogens is 436 g/mol. The summed E-state index contributed by atoms with van der Waals surface area (Å²) in [6.45, 7) is 5.92. The lowest BCUT2D eigenvalue weighted by Crippen LogP contribution is -2.41. The van der Waals surface area contributed by atoms with Gasteiger partial charge in [0, 0.05) is 18.4 Å². The Kier molecular flexibility index (Phi) is 8.58. The highest BCUT2D eigenvalue weighted by Crippen LogP contribution is 2.48. The molecule has 0 fully saturated rings. The van der Waals surface area contributed by atoms with Crippen molar-refractivity contribution in [2.75, 3.05) is 13.2 Å². The highest BCUT2D eigenvalue weighted by atomic mass is 16.6. The van der Waals surface area contributed by atoms with Gasteiger partial charge in [-0.25, -0.2) is 14.4 Å². The molecule has 0 radical (unpaired) electrons. The fourth-order valence-corrected chi connectivity index (χ4v) is 4.77. The van der Waals surface area contributed by atoms with Gasteiger partial charge in [0.1, 0.15) is 18.2 Å². The molecule has 3 unspecified atom stereocenters. The molecule has 186 valence electrons. The van der Waals surface area contributed by atoms with Gasteiger partial charge in [-0.05, 0) is 64.4 Å². The van der Waals surface area contributed by atoms with E-state index in [0.29, 0.717) is 25.3 Å². The number of fused-ring (bicyclic) bond motifs is 2. The first-order valence-corrected chi connectivity index (χ1v) is 12.0. The maximum Gasteiger partial charge on any atom is 0.407 e. The molecular formula is C26H36N2O6. The Morgan fingerprint density at radius 2 is 1.91 bits per heavy atom. The molecule has 0 saturated carbocycles. The second-order valence-electron chi connectivity index (χ2n) is 9.96. The van der Waals surface area contributed by atoms with Crippen LogP contribution in [0.15, 0.2) is 47.6 Å². The minimum atomic E-state index is -1.11. The molecule has 0 bridgehead atoms. The highest BCUT2D eigenvalue weighted by Gasteiger charge is 2.40. The van der Waals surface area contributed by atoms with Crippen molar-refractivity contribution in [3.63, 3.8) is 0 Å². The second-order valence-corrected chi connectivity index (χ2v) is 9.96. The van der Waals surface area contributed by atoms with Crippen LogP contribution in [0.1, 0.15) is 52.9 Å². The molecule has 8 nitrogen and oxygen atoms in total. The number of hydrogen-bond donors (Lipinski definition) is 3. The third kappa shape index (κ3) is 6.98. The third-order valence-electron chi connectivity index (χ3n) is 6.26. The van der Waals surface area contributed by atoms with Crippen LogP contribution in [-0.2, 0) is 14.3 Å². The molecule has 3 N–H and O–H groups in total. The monoisotopic (exact) mass is 472 g/mol. The van der Waals surface area contributed by atoms with E-state index in [2.05, 4.69) is 41.0 Å². The molecule has 34 heavy (non-hydrogen) atoms. The number of unbranched alkanes of at least 4 members (excludes halogenated alkanes) is 1. The average Bonchev–Trinajstić information content (AvgIpc) is 3.09. The molecule has 0 aromatic heterocycles. The number of carbonyl (C=O) groups is 3. The predicted octanol–water partition coefficient (Wildman–Crippen LogP) is 4.50. The minimum Gasteiger partial charge on any atom is -0.480 e. The number of carboxylic acids is 1. The molecule has 0 heterocycles. The van der Waals surface area contributed by atoms with Crippen LogP contribution >= 0.6 is 0 Å². The zero-order valence-corrected chi connectivity index (χ0v) is 20.2. The zero-order valence-electron chi connectivity index (χ0n) is 20.2. The molecule has 0 aliphatic heterocycles. The SMILES string of the molecule is CC(C)(C)OC(=O)NCCCC[C@H](NC(=O)OCC1C2=C(CCC=C2)C2C=CC=CC21)C(=O)O. The number of aliphatic carboxylic acids is 1. The van der Waals surface area contributed by atoms with E-state index in [-0.39, 0.29) is 24.9 Å². The Balaban J connectivity index is 1.43. The summed E-state index contributed by atoms with van der Waals surface area (Å²) in [6.07, 6.45) is 14.9. The average molecular weight is 473 g/mol. The predicted molar refractivity (Wildman–Crippen MR) is 128 cm³/mol. The Morgan fingerprint density at radius 1 is 1.15 bits per heavy atom. The van der Waals surface area contributed by atoms with Crippen molar-refractivity contribution in [3.05, 3.63) is 47.6 Å². The van der Waals surface area contributed by atoms with E-state index in [1.54, 1.807) is 20.8 Å². The molecule has 0 aromatic rings. The van der Waals surface area contributed by atoms with Crippen molar-refractivity contribution < 1.29 is 29.0 Å². The van der Waals surface area contributed by atoms with Crippen LogP contribution < -0.4 is 10.6 Å². The Bertz CT molecular complexity index is 895. The van der Waals surface area contributed by atoms with E-state index in [1.165, 1.54) is 11.1 Å². The molecule has 8 heteroatoms. The topological polar surface area (TPSA) is 114 Å². The first kappa shape index (κ1) is 25.6. The first-order valence-electron chi connectivity index (χ1n) is 12.0. The van der Waals surface area contributed by atoms with Crippen LogP contribution in [-0.4, -0.2) is 48.1 Å². The van der Waals surface area contributed by atoms with Crippen LogP contribution in [0.3, 0.4) is 0 Å². The highest BCUT2D eigenvalue weighted by molar-refractivity contribution is 5.79. The van der Waals surface area contributed by atoms with Gasteiger partial charge < -0.3 is 25.2 Å². The lowest BCUT2D eigenvalue weighted by Gasteiger charge is -2.24. The van der Waals surface area contributed by atoms with E-state index in [9.17, 15) is 19.5 Å². The number of allylic oxidation sites excluding steroid dienone is 7. The van der Waals surface area contributed by atoms with E-state index < -0.39 is 29.8 Å². The van der Waals surface area contributed by atoms with Gasteiger partial charge in [0.2, 0.25) is 0 Å². The van der Waals surface area contributed by atoms with Crippen molar-refractivity contribution in [2.24, 2.45) is 17.8 Å². The quantitative estimate of drug-likeness (QED) is 0.426. The lowest BCUT2D eigenvalue weighted by atomic mass is 9.82. The Labute approximate surface area is 201 Å². The molecule has 3 aliphatic rings. The molecule has 3 aliphatic carbocycles. The minimum absolute atomic E-state index is 0.0747. The molecule has 4 atom stereocenters. The van der Waals surface area contributed by atoms with Gasteiger partial charge >= 0.3 is 18.2 Å². The van der Waals surface area contributed by atoms with E-state index in [0.717, 1.165) is 12.8 Å². The molecule has 0 saturated heterocycles. The summed E-state index contributed by atoms with van der Waals surface area (Å²) >= 11 is 0. The number of rotatable bonds is 9.